The molecule has 6 heterocycles. The van der Waals surface area contributed by atoms with Crippen LogP contribution in [0.25, 0.3) is 45.0 Å². The van der Waals surface area contributed by atoms with Crippen molar-refractivity contribution in [3.8, 4) is 45.0 Å². The number of hydrogen-bond donors (Lipinski definition) is 12. The number of aromatic nitrogens is 8. The molecule has 2 aliphatic carbocycles. The van der Waals surface area contributed by atoms with Crippen molar-refractivity contribution in [3.05, 3.63) is 305 Å². The van der Waals surface area contributed by atoms with E-state index in [2.05, 4.69) is 94.7 Å². The van der Waals surface area contributed by atoms with Crippen LogP contribution in [0.1, 0.15) is 207 Å². The molecule has 3 atom stereocenters. The molecule has 2 aliphatic heterocycles. The molecule has 16 rings (SSSR count). The Morgan fingerprint density at radius 1 is 0.443 bits per heavy atom. The first-order valence-corrected chi connectivity index (χ1v) is 44.9. The lowest BCUT2D eigenvalue weighted by Crippen LogP contribution is -2.31. The number of halogens is 7. The van der Waals surface area contributed by atoms with E-state index in [4.69, 9.17) is 38.8 Å². The van der Waals surface area contributed by atoms with Crippen LogP contribution in [0.2, 0.25) is 0 Å². The predicted octanol–water partition coefficient (Wildman–Crippen LogP) is 16.0. The molecule has 0 radical (unpaired) electrons. The first kappa shape index (κ1) is 94.9. The van der Waals surface area contributed by atoms with Gasteiger partial charge in [0, 0.05) is 92.5 Å². The molecule has 16 N–H and O–H groups in total. The molecule has 4 amide bonds. The van der Waals surface area contributed by atoms with E-state index in [1.165, 1.54) is 48.5 Å². The summed E-state index contributed by atoms with van der Waals surface area (Å²) in [6, 6.07) is 47.4. The Balaban J connectivity index is 0.000000150. The Kier molecular flexibility index (Phi) is 33.7. The van der Waals surface area contributed by atoms with Crippen molar-refractivity contribution in [3.63, 3.8) is 0 Å². The fourth-order valence-corrected chi connectivity index (χ4v) is 16.9. The molecular formula is C98H101BrF5IN16O10. The Bertz CT molecular complexity index is 5970. The largest absolute Gasteiger partial charge is 0.394 e. The van der Waals surface area contributed by atoms with Crippen molar-refractivity contribution < 1.29 is 72.4 Å². The average Bonchev–Trinajstić information content (AvgIpc) is 0.807. The number of rotatable bonds is 24. The fourth-order valence-electron chi connectivity index (χ4n) is 15.8. The van der Waals surface area contributed by atoms with Crippen molar-refractivity contribution in [2.45, 2.75) is 137 Å². The van der Waals surface area contributed by atoms with Crippen LogP contribution in [0.15, 0.2) is 211 Å². The quantitative estimate of drug-likeness (QED) is 0.0197. The number of carbonyl (C=O) groups is 4. The summed E-state index contributed by atoms with van der Waals surface area (Å²) in [5, 5.41) is 49.8. The van der Waals surface area contributed by atoms with Crippen LogP contribution in [0, 0.1) is 26.8 Å². The van der Waals surface area contributed by atoms with Gasteiger partial charge < -0.3 is 74.1 Å². The molecule has 4 aliphatic rings. The van der Waals surface area contributed by atoms with Crippen LogP contribution in [0.3, 0.4) is 0 Å². The normalized spacial score (nSPS) is 17.6. The number of nitrogens with one attached hydrogen (secondary N) is 4. The highest BCUT2D eigenvalue weighted by Gasteiger charge is 2.30. The van der Waals surface area contributed by atoms with E-state index in [0.717, 1.165) is 101 Å². The van der Waals surface area contributed by atoms with Crippen molar-refractivity contribution in [1.29, 1.82) is 0 Å². The Hall–Kier alpha value is -12.2. The number of amides is 4. The molecule has 12 aromatic rings. The van der Waals surface area contributed by atoms with Gasteiger partial charge in [0.1, 0.15) is 76.0 Å². The number of benzene rings is 8. The third kappa shape index (κ3) is 25.9. The maximum absolute atomic E-state index is 15.0. The van der Waals surface area contributed by atoms with Crippen LogP contribution < -0.4 is 44.2 Å². The number of aliphatic hydroxyl groups is 4. The summed E-state index contributed by atoms with van der Waals surface area (Å²) in [6.45, 7) is 1.73. The molecule has 131 heavy (non-hydrogen) atoms. The third-order valence-corrected chi connectivity index (χ3v) is 24.4. The molecule has 0 unspecified atom stereocenters. The predicted molar refractivity (Wildman–Crippen MR) is 500 cm³/mol. The summed E-state index contributed by atoms with van der Waals surface area (Å²) in [4.78, 5) is 86.2. The van der Waals surface area contributed by atoms with Gasteiger partial charge in [-0.2, -0.15) is 0 Å². The zero-order chi connectivity index (χ0) is 93.5. The van der Waals surface area contributed by atoms with Crippen molar-refractivity contribution in [2.24, 2.45) is 0 Å². The van der Waals surface area contributed by atoms with Gasteiger partial charge in [0.2, 0.25) is 0 Å². The van der Waals surface area contributed by atoms with E-state index < -0.39 is 78.5 Å². The number of hydrogen-bond acceptors (Lipinski definition) is 22. The second-order valence-corrected chi connectivity index (χ2v) is 34.3. The minimum atomic E-state index is -1.43. The summed E-state index contributed by atoms with van der Waals surface area (Å²) in [6.07, 6.45) is 13.9. The third-order valence-electron chi connectivity index (χ3n) is 23.3. The van der Waals surface area contributed by atoms with Crippen molar-refractivity contribution in [2.75, 3.05) is 75.8 Å². The van der Waals surface area contributed by atoms with Gasteiger partial charge in [-0.05, 0) is 207 Å². The van der Waals surface area contributed by atoms with Crippen molar-refractivity contribution >= 4 is 85.4 Å². The van der Waals surface area contributed by atoms with Gasteiger partial charge in [-0.15, -0.1) is 0 Å². The molecule has 682 valence electrons. The van der Waals surface area contributed by atoms with Crippen LogP contribution in [-0.4, -0.2) is 149 Å². The van der Waals surface area contributed by atoms with Gasteiger partial charge in [0.15, 0.2) is 0 Å². The highest BCUT2D eigenvalue weighted by atomic mass is 127. The van der Waals surface area contributed by atoms with Crippen molar-refractivity contribution in [1.82, 2.24) is 61.1 Å². The monoisotopic (exact) mass is 1960 g/mol. The standard InChI is InChI=1S/C25H25BrF2N4O3.C25H26FIN4O3.2C24H25FN4O2/c26-16-7-15(8-17(27)10-16)22(12-33)32-25(35)19-6-3-14(9-20(19)28)23-24(29)30-11-21(31-23)13-1-4-18(34)5-2-13;26-20-11-16(23-24(28)29-12-21(30-23)14-4-7-18(33)8-5-14)6-9-19(20)25(34)31-22(13-32)15-2-1-3-17(27)10-15;25-14-20(16-4-2-1-3-5-16)29-24(30)19-8-6-18(7-9-19)22-23(26)27-15-21(28-22)17-10-12-31-13-11-17;25-20-14-18(22-23(26)28-15-21(29-22)17-9-12-31-13-10-17)6-7-19(20)24(30)27-11-8-16-4-2-1-3-5-16/h3,6-11,13,18,22,33-34H,1-2,4-5,12H2,(H2,29,30)(H,32,35);1-3,6,9-12,14,18,22,32-33H,4-5,7-8,13H2,(H2,28,29)(H,31,34);1-9,15,17,20H,10-14H2,(H2,26,27)(H,29,30);1-7,14-15,17H,8-13H2,(H2,26,28)(H,27,30)/t13?,18?,22-;14?,18?,22-;20-;/m111./s1/i18D;;;. The lowest BCUT2D eigenvalue weighted by atomic mass is 9.85. The van der Waals surface area contributed by atoms with E-state index >= 15 is 4.39 Å². The minimum Gasteiger partial charge on any atom is -0.394 e. The topological polar surface area (TPSA) is 423 Å². The zero-order valence-electron chi connectivity index (χ0n) is 72.4. The zero-order valence-corrected chi connectivity index (χ0v) is 75.1. The van der Waals surface area contributed by atoms with Gasteiger partial charge in [-0.3, -0.25) is 19.2 Å². The molecule has 0 bridgehead atoms. The Morgan fingerprint density at radius 3 is 1.27 bits per heavy atom. The van der Waals surface area contributed by atoms with E-state index in [1.807, 2.05) is 66.7 Å². The fraction of sp³-hybridized carbons (Fsp3) is 0.306. The smallest absolute Gasteiger partial charge is 0.254 e. The van der Waals surface area contributed by atoms with Gasteiger partial charge in [0.05, 0.1) is 109 Å². The highest BCUT2D eigenvalue weighted by molar-refractivity contribution is 14.1. The second kappa shape index (κ2) is 46.5. The highest BCUT2D eigenvalue weighted by Crippen LogP contribution is 2.39. The number of nitrogens with two attached hydrogens (primary N) is 4. The molecular weight excluding hydrogens is 1860 g/mol. The first-order chi connectivity index (χ1) is 63.7. The molecule has 2 saturated carbocycles. The van der Waals surface area contributed by atoms with Crippen LogP contribution in [0.5, 0.6) is 0 Å². The number of aliphatic hydroxyl groups excluding tert-OH is 3. The lowest BCUT2D eigenvalue weighted by Gasteiger charge is -2.25. The number of nitrogens with zero attached hydrogens (tertiary/aromatic N) is 8. The minimum absolute atomic E-state index is 0.00403. The first-order valence-electron chi connectivity index (χ1n) is 43.5. The Morgan fingerprint density at radius 2 is 0.840 bits per heavy atom. The van der Waals surface area contributed by atoms with Gasteiger partial charge >= 0.3 is 0 Å². The maximum atomic E-state index is 15.0. The second-order valence-electron chi connectivity index (χ2n) is 32.2. The van der Waals surface area contributed by atoms with Gasteiger partial charge in [-0.1, -0.05) is 119 Å². The average molecular weight is 1970 g/mol. The number of ether oxygens (including phenoxy) is 2. The van der Waals surface area contributed by atoms with Gasteiger partial charge in [-0.25, -0.2) is 61.8 Å². The summed E-state index contributed by atoms with van der Waals surface area (Å²) in [5.74, 6) is -3.35. The van der Waals surface area contributed by atoms with E-state index in [0.29, 0.717) is 132 Å². The molecule has 0 spiro atoms. The molecule has 4 aromatic heterocycles. The van der Waals surface area contributed by atoms with E-state index in [9.17, 15) is 57.2 Å². The van der Waals surface area contributed by atoms with Crippen LogP contribution in [-0.2, 0) is 15.9 Å². The van der Waals surface area contributed by atoms with Gasteiger partial charge in [0.25, 0.3) is 23.6 Å². The molecule has 8 aromatic carbocycles. The number of carbonyl (C=O) groups excluding carboxylic acids is 4. The summed E-state index contributed by atoms with van der Waals surface area (Å²) in [5.41, 5.74) is 33.9. The Labute approximate surface area is 777 Å². The van der Waals surface area contributed by atoms with E-state index in [-0.39, 0.29) is 76.2 Å². The lowest BCUT2D eigenvalue weighted by molar-refractivity contribution is 0.0843. The summed E-state index contributed by atoms with van der Waals surface area (Å²) >= 11 is 5.32. The maximum Gasteiger partial charge on any atom is 0.254 e. The van der Waals surface area contributed by atoms with E-state index in [1.54, 1.807) is 85.5 Å². The van der Waals surface area contributed by atoms with Crippen LogP contribution >= 0.6 is 38.5 Å². The molecule has 2 saturated heterocycles. The SMILES string of the molecule is Nc1ncc(C2CCC(O)CC2)nc1-c1ccc(C(=O)N[C@H](CO)c2cccc(I)c2)c(F)c1.Nc1ncc(C2CCOCC2)nc1-c1ccc(C(=O)NCCc2ccccc2)c(F)c1.Nc1ncc(C2CCOCC2)nc1-c1ccc(C(=O)N[C@H](CF)c2ccccc2)cc1.[2H]C1(O)CCC(c2cnc(N)c(-c3ccc(C(=O)N[C@H](CO)c4cc(F)cc(Br)c4)c(F)c3)n2)CC1. The number of anilines is 4. The van der Waals surface area contributed by atoms with Crippen LogP contribution in [0.4, 0.5) is 45.2 Å². The number of nitrogen functional groups attached to an aromatic ring is 4. The molecule has 33 heteroatoms. The number of alkyl halides is 1. The summed E-state index contributed by atoms with van der Waals surface area (Å²) < 4.78 is 92.0. The molecule has 26 nitrogen and oxygen atoms in total. The molecule has 4 fully saturated rings. The summed E-state index contributed by atoms with van der Waals surface area (Å²) in [7, 11) is 0.